The number of nitrogens with zero attached hydrogens (tertiary/aromatic N) is 2. The summed E-state index contributed by atoms with van der Waals surface area (Å²) < 4.78 is 44.3. The van der Waals surface area contributed by atoms with Crippen LogP contribution in [-0.4, -0.2) is 22.4 Å². The lowest BCUT2D eigenvalue weighted by molar-refractivity contribution is -0.137. The van der Waals surface area contributed by atoms with E-state index in [9.17, 15) is 22.8 Å². The van der Waals surface area contributed by atoms with E-state index < -0.39 is 23.5 Å². The molecule has 27 heavy (non-hydrogen) atoms. The number of alkyl halides is 3. The van der Waals surface area contributed by atoms with E-state index in [1.165, 1.54) is 28.6 Å². The summed E-state index contributed by atoms with van der Waals surface area (Å²) in [5.41, 5.74) is 0.694. The minimum absolute atomic E-state index is 0.117. The predicted molar refractivity (Wildman–Crippen MR) is 93.1 cm³/mol. The number of rotatable bonds is 4. The first-order valence-electron chi connectivity index (χ1n) is 8.19. The van der Waals surface area contributed by atoms with Crippen molar-refractivity contribution >= 4 is 17.0 Å². The molecule has 0 N–H and O–H groups in total. The van der Waals surface area contributed by atoms with Crippen molar-refractivity contribution in [2.24, 2.45) is 0 Å². The number of amides is 1. The van der Waals surface area contributed by atoms with Gasteiger partial charge in [0.05, 0.1) is 11.1 Å². The number of aromatic nitrogens is 1. The number of fused-ring (bicyclic) bond motifs is 1. The number of para-hydroxylation sites is 2. The fraction of sp³-hybridized carbons (Fsp3) is 0.263. The Morgan fingerprint density at radius 3 is 2.41 bits per heavy atom. The molecule has 0 aliphatic carbocycles. The van der Waals surface area contributed by atoms with Crippen LogP contribution in [0.15, 0.2) is 57.7 Å². The maximum absolute atomic E-state index is 12.7. The van der Waals surface area contributed by atoms with E-state index in [0.717, 1.165) is 12.1 Å². The molecule has 0 aliphatic rings. The first-order valence-corrected chi connectivity index (χ1v) is 8.19. The van der Waals surface area contributed by atoms with E-state index in [2.05, 4.69) is 0 Å². The van der Waals surface area contributed by atoms with E-state index in [1.807, 2.05) is 0 Å². The maximum atomic E-state index is 12.7. The summed E-state index contributed by atoms with van der Waals surface area (Å²) >= 11 is 0. The minimum atomic E-state index is -4.40. The first kappa shape index (κ1) is 18.8. The highest BCUT2D eigenvalue weighted by Crippen LogP contribution is 2.29. The molecule has 0 saturated heterocycles. The van der Waals surface area contributed by atoms with Gasteiger partial charge in [0.1, 0.15) is 6.04 Å². The largest absolute Gasteiger partial charge is 0.420 e. The zero-order valence-electron chi connectivity index (χ0n) is 14.7. The number of likely N-dealkylation sites (N-methyl/N-ethyl adjacent to an activating group) is 1. The molecular weight excluding hydrogens is 361 g/mol. The van der Waals surface area contributed by atoms with Crippen LogP contribution < -0.4 is 5.76 Å². The Morgan fingerprint density at radius 2 is 1.78 bits per heavy atom. The second kappa shape index (κ2) is 6.94. The summed E-state index contributed by atoms with van der Waals surface area (Å²) in [5, 5.41) is 0. The number of hydrogen-bond donors (Lipinski definition) is 0. The highest BCUT2D eigenvalue weighted by atomic mass is 19.4. The lowest BCUT2D eigenvalue weighted by Crippen LogP contribution is -2.35. The van der Waals surface area contributed by atoms with Gasteiger partial charge in [-0.2, -0.15) is 13.2 Å². The standard InChI is InChI=1S/C19H17F3N2O3/c1-12(24-15-5-3-4-6-16(15)27-18(24)26)17(25)23(2)11-13-7-9-14(10-8-13)19(20,21)22/h3-10,12H,11H2,1-2H3. The zero-order chi connectivity index (χ0) is 19.8. The second-order valence-corrected chi connectivity index (χ2v) is 6.27. The fourth-order valence-corrected chi connectivity index (χ4v) is 2.93. The summed E-state index contributed by atoms with van der Waals surface area (Å²) in [6.07, 6.45) is -4.40. The summed E-state index contributed by atoms with van der Waals surface area (Å²) in [7, 11) is 1.53. The van der Waals surface area contributed by atoms with Crippen LogP contribution >= 0.6 is 0 Å². The van der Waals surface area contributed by atoms with Crippen LogP contribution in [-0.2, 0) is 17.5 Å². The third-order valence-corrected chi connectivity index (χ3v) is 4.34. The zero-order valence-corrected chi connectivity index (χ0v) is 14.7. The Morgan fingerprint density at radius 1 is 1.15 bits per heavy atom. The normalized spacial score (nSPS) is 12.9. The van der Waals surface area contributed by atoms with Gasteiger partial charge in [0.25, 0.3) is 0 Å². The molecule has 1 aromatic heterocycles. The molecule has 0 spiro atoms. The van der Waals surface area contributed by atoms with E-state index in [-0.39, 0.29) is 12.5 Å². The smallest absolute Gasteiger partial charge is 0.408 e. The molecule has 8 heteroatoms. The van der Waals surface area contributed by atoms with Gasteiger partial charge in [-0.05, 0) is 36.8 Å². The van der Waals surface area contributed by atoms with Crippen molar-refractivity contribution in [2.45, 2.75) is 25.7 Å². The van der Waals surface area contributed by atoms with Crippen LogP contribution in [0.5, 0.6) is 0 Å². The van der Waals surface area contributed by atoms with Crippen LogP contribution in [0.2, 0.25) is 0 Å². The third kappa shape index (κ3) is 3.74. The molecule has 142 valence electrons. The number of carbonyl (C=O) groups excluding carboxylic acids is 1. The molecule has 0 radical (unpaired) electrons. The van der Waals surface area contributed by atoms with Gasteiger partial charge < -0.3 is 9.32 Å². The summed E-state index contributed by atoms with van der Waals surface area (Å²) in [5.74, 6) is -0.997. The lowest BCUT2D eigenvalue weighted by atomic mass is 10.1. The van der Waals surface area contributed by atoms with Crippen molar-refractivity contribution in [3.63, 3.8) is 0 Å². The molecule has 5 nitrogen and oxygen atoms in total. The molecule has 0 saturated carbocycles. The van der Waals surface area contributed by atoms with Gasteiger partial charge in [0.15, 0.2) is 5.58 Å². The molecule has 3 aromatic rings. The molecule has 1 atom stereocenters. The van der Waals surface area contributed by atoms with Gasteiger partial charge in [0.2, 0.25) is 5.91 Å². The quantitative estimate of drug-likeness (QED) is 0.693. The van der Waals surface area contributed by atoms with E-state index in [0.29, 0.717) is 16.7 Å². The highest BCUT2D eigenvalue weighted by molar-refractivity contribution is 5.82. The van der Waals surface area contributed by atoms with Gasteiger partial charge in [-0.25, -0.2) is 4.79 Å². The Hall–Kier alpha value is -3.03. The van der Waals surface area contributed by atoms with Crippen molar-refractivity contribution < 1.29 is 22.4 Å². The number of halogens is 3. The molecule has 0 bridgehead atoms. The topological polar surface area (TPSA) is 55.5 Å². The van der Waals surface area contributed by atoms with Crippen LogP contribution in [0.25, 0.3) is 11.1 Å². The molecule has 2 aromatic carbocycles. The van der Waals surface area contributed by atoms with Crippen LogP contribution in [0.1, 0.15) is 24.1 Å². The minimum Gasteiger partial charge on any atom is -0.408 e. The average molecular weight is 378 g/mol. The van der Waals surface area contributed by atoms with Crippen LogP contribution in [0.3, 0.4) is 0 Å². The summed E-state index contributed by atoms with van der Waals surface area (Å²) in [6.45, 7) is 1.70. The average Bonchev–Trinajstić information content (AvgIpc) is 2.95. The Kier molecular flexibility index (Phi) is 4.82. The SMILES string of the molecule is CC(C(=O)N(C)Cc1ccc(C(F)(F)F)cc1)n1c(=O)oc2ccccc21. The molecule has 1 unspecified atom stereocenters. The van der Waals surface area contributed by atoms with Gasteiger partial charge >= 0.3 is 11.9 Å². The van der Waals surface area contributed by atoms with Gasteiger partial charge in [0, 0.05) is 13.6 Å². The van der Waals surface area contributed by atoms with E-state index >= 15 is 0 Å². The van der Waals surface area contributed by atoms with Crippen molar-refractivity contribution in [1.29, 1.82) is 0 Å². The highest BCUT2D eigenvalue weighted by Gasteiger charge is 2.30. The number of carbonyl (C=O) groups is 1. The number of benzene rings is 2. The molecule has 3 rings (SSSR count). The number of oxazole rings is 1. The van der Waals surface area contributed by atoms with Crippen molar-refractivity contribution in [3.8, 4) is 0 Å². The number of hydrogen-bond acceptors (Lipinski definition) is 3. The third-order valence-electron chi connectivity index (χ3n) is 4.34. The van der Waals surface area contributed by atoms with Gasteiger partial charge in [-0.3, -0.25) is 9.36 Å². The van der Waals surface area contributed by atoms with Crippen LogP contribution in [0.4, 0.5) is 13.2 Å². The summed E-state index contributed by atoms with van der Waals surface area (Å²) in [6, 6.07) is 10.6. The predicted octanol–water partition coefficient (Wildman–Crippen LogP) is 3.83. The maximum Gasteiger partial charge on any atom is 0.420 e. The Labute approximate surface area is 152 Å². The fourth-order valence-electron chi connectivity index (χ4n) is 2.93. The van der Waals surface area contributed by atoms with Crippen LogP contribution in [0, 0.1) is 0 Å². The van der Waals surface area contributed by atoms with E-state index in [4.69, 9.17) is 4.42 Å². The Balaban J connectivity index is 1.78. The van der Waals surface area contributed by atoms with Crippen molar-refractivity contribution in [2.75, 3.05) is 7.05 Å². The molecule has 0 aliphatic heterocycles. The van der Waals surface area contributed by atoms with E-state index in [1.54, 1.807) is 31.2 Å². The second-order valence-electron chi connectivity index (χ2n) is 6.27. The van der Waals surface area contributed by atoms with Crippen molar-refractivity contribution in [1.82, 2.24) is 9.47 Å². The molecule has 0 fully saturated rings. The molecular formula is C19H17F3N2O3. The lowest BCUT2D eigenvalue weighted by Gasteiger charge is -2.22. The van der Waals surface area contributed by atoms with Crippen molar-refractivity contribution in [3.05, 3.63) is 70.2 Å². The summed E-state index contributed by atoms with van der Waals surface area (Å²) in [4.78, 5) is 26.2. The molecule has 1 amide bonds. The monoisotopic (exact) mass is 378 g/mol. The molecule has 1 heterocycles. The first-order chi connectivity index (χ1) is 12.7. The Bertz CT molecular complexity index is 1020. The van der Waals surface area contributed by atoms with Gasteiger partial charge in [-0.15, -0.1) is 0 Å². The van der Waals surface area contributed by atoms with Gasteiger partial charge in [-0.1, -0.05) is 24.3 Å².